The van der Waals surface area contributed by atoms with Crippen molar-refractivity contribution in [2.45, 2.75) is 26.4 Å². The van der Waals surface area contributed by atoms with Crippen LogP contribution in [-0.2, 0) is 13.0 Å². The van der Waals surface area contributed by atoms with E-state index in [0.717, 1.165) is 10.1 Å². The zero-order valence-corrected chi connectivity index (χ0v) is 13.3. The zero-order valence-electron chi connectivity index (χ0n) is 13.3. The number of nitrogens with one attached hydrogen (secondary N) is 2. The molecule has 2 aromatic rings. The van der Waals surface area contributed by atoms with Crippen LogP contribution in [0.5, 0.6) is 0 Å². The second-order valence-corrected chi connectivity index (χ2v) is 5.03. The van der Waals surface area contributed by atoms with Crippen LogP contribution in [0.15, 0.2) is 41.7 Å². The monoisotopic (exact) mass is 339 g/mol. The van der Waals surface area contributed by atoms with E-state index in [9.17, 15) is 13.2 Å². The number of imidazole rings is 1. The van der Waals surface area contributed by atoms with E-state index >= 15 is 0 Å². The van der Waals surface area contributed by atoms with Crippen molar-refractivity contribution in [1.82, 2.24) is 20.2 Å². The molecule has 0 amide bonds. The van der Waals surface area contributed by atoms with Gasteiger partial charge in [0.1, 0.15) is 18.2 Å². The van der Waals surface area contributed by atoms with Crippen molar-refractivity contribution in [3.8, 4) is 0 Å². The molecule has 0 saturated heterocycles. The van der Waals surface area contributed by atoms with Gasteiger partial charge >= 0.3 is 6.55 Å². The van der Waals surface area contributed by atoms with Crippen LogP contribution in [0.25, 0.3) is 0 Å². The van der Waals surface area contributed by atoms with E-state index in [0.29, 0.717) is 25.5 Å². The molecule has 0 aliphatic heterocycles. The first-order chi connectivity index (χ1) is 11.6. The molecule has 2 N–H and O–H groups in total. The Balaban J connectivity index is 1.92. The maximum atomic E-state index is 13.1. The molecule has 5 nitrogen and oxygen atoms in total. The summed E-state index contributed by atoms with van der Waals surface area (Å²) < 4.78 is 39.4. The van der Waals surface area contributed by atoms with Gasteiger partial charge in [-0.05, 0) is 31.0 Å². The fourth-order valence-electron chi connectivity index (χ4n) is 2.15. The average molecular weight is 339 g/mol. The fourth-order valence-corrected chi connectivity index (χ4v) is 2.15. The smallest absolute Gasteiger partial charge is 0.319 e. The van der Waals surface area contributed by atoms with Crippen molar-refractivity contribution >= 4 is 5.96 Å². The fraction of sp³-hybridized carbons (Fsp3) is 0.375. The Kier molecular flexibility index (Phi) is 6.65. The molecule has 0 saturated carbocycles. The van der Waals surface area contributed by atoms with Crippen molar-refractivity contribution in [2.24, 2.45) is 4.99 Å². The summed E-state index contributed by atoms with van der Waals surface area (Å²) in [4.78, 5) is 8.14. The standard InChI is InChI=1S/C16H20F3N5/c1-2-20-16(22-7-6-12-4-3-5-13(17)10-12)23-11-14-21-8-9-24(14)15(18)19/h3-5,8-10,15H,2,6-7,11H2,1H3,(H2,20,22,23). The minimum Gasteiger partial charge on any atom is -0.357 e. The zero-order chi connectivity index (χ0) is 17.4. The normalized spacial score (nSPS) is 11.8. The third-order valence-corrected chi connectivity index (χ3v) is 3.28. The molecule has 0 unspecified atom stereocenters. The van der Waals surface area contributed by atoms with Crippen LogP contribution in [0, 0.1) is 5.82 Å². The number of guanidine groups is 1. The second kappa shape index (κ2) is 8.95. The summed E-state index contributed by atoms with van der Waals surface area (Å²) in [5, 5.41) is 6.12. The first-order valence-corrected chi connectivity index (χ1v) is 7.66. The van der Waals surface area contributed by atoms with Crippen LogP contribution in [0.4, 0.5) is 13.2 Å². The van der Waals surface area contributed by atoms with Crippen LogP contribution in [0.1, 0.15) is 24.9 Å². The van der Waals surface area contributed by atoms with Crippen molar-refractivity contribution in [1.29, 1.82) is 0 Å². The Bertz CT molecular complexity index is 669. The van der Waals surface area contributed by atoms with Crippen molar-refractivity contribution < 1.29 is 13.2 Å². The number of halogens is 3. The minimum atomic E-state index is -2.64. The van der Waals surface area contributed by atoms with Crippen LogP contribution >= 0.6 is 0 Å². The Hall–Kier alpha value is -2.51. The third kappa shape index (κ3) is 5.29. The van der Waals surface area contributed by atoms with Gasteiger partial charge in [0, 0.05) is 25.5 Å². The predicted molar refractivity (Wildman–Crippen MR) is 86.4 cm³/mol. The molecule has 0 spiro atoms. The molecule has 0 atom stereocenters. The highest BCUT2D eigenvalue weighted by atomic mass is 19.3. The van der Waals surface area contributed by atoms with Gasteiger partial charge in [0.25, 0.3) is 0 Å². The molecule has 0 aliphatic rings. The maximum absolute atomic E-state index is 13.1. The molecule has 0 fully saturated rings. The third-order valence-electron chi connectivity index (χ3n) is 3.28. The number of aromatic nitrogens is 2. The van der Waals surface area contributed by atoms with E-state index in [-0.39, 0.29) is 18.2 Å². The molecule has 1 heterocycles. The summed E-state index contributed by atoms with van der Waals surface area (Å²) in [6.07, 6.45) is 3.16. The summed E-state index contributed by atoms with van der Waals surface area (Å²) in [6.45, 7) is 0.477. The number of alkyl halides is 2. The van der Waals surface area contributed by atoms with Crippen molar-refractivity contribution in [3.63, 3.8) is 0 Å². The van der Waals surface area contributed by atoms with Gasteiger partial charge in [0.2, 0.25) is 0 Å². The van der Waals surface area contributed by atoms with E-state index in [4.69, 9.17) is 0 Å². The SMILES string of the molecule is CCNC(=NCc1nccn1C(F)F)NCCc1cccc(F)c1. The Labute approximate surface area is 138 Å². The summed E-state index contributed by atoms with van der Waals surface area (Å²) in [6, 6.07) is 6.38. The quantitative estimate of drug-likeness (QED) is 0.602. The highest BCUT2D eigenvalue weighted by Gasteiger charge is 2.10. The van der Waals surface area contributed by atoms with Crippen LogP contribution in [0.2, 0.25) is 0 Å². The molecule has 1 aromatic carbocycles. The first-order valence-electron chi connectivity index (χ1n) is 7.66. The topological polar surface area (TPSA) is 54.2 Å². The number of hydrogen-bond acceptors (Lipinski definition) is 2. The van der Waals surface area contributed by atoms with E-state index in [1.807, 2.05) is 13.0 Å². The Morgan fingerprint density at radius 1 is 1.33 bits per heavy atom. The molecule has 0 radical (unpaired) electrons. The number of rotatable bonds is 7. The van der Waals surface area contributed by atoms with Crippen LogP contribution in [-0.4, -0.2) is 28.6 Å². The molecule has 0 aliphatic carbocycles. The van der Waals surface area contributed by atoms with E-state index in [1.165, 1.54) is 24.5 Å². The predicted octanol–water partition coefficient (Wildman–Crippen LogP) is 2.72. The summed E-state index contributed by atoms with van der Waals surface area (Å²) in [7, 11) is 0. The summed E-state index contributed by atoms with van der Waals surface area (Å²) in [5.41, 5.74) is 0.867. The van der Waals surface area contributed by atoms with Gasteiger partial charge in [-0.15, -0.1) is 0 Å². The molecular weight excluding hydrogens is 319 g/mol. The number of hydrogen-bond donors (Lipinski definition) is 2. The molecule has 1 aromatic heterocycles. The molecular formula is C16H20F3N5. The van der Waals surface area contributed by atoms with E-state index in [2.05, 4.69) is 20.6 Å². The molecule has 24 heavy (non-hydrogen) atoms. The number of benzene rings is 1. The summed E-state index contributed by atoms with van der Waals surface area (Å²) in [5.74, 6) is 0.414. The van der Waals surface area contributed by atoms with Gasteiger partial charge in [-0.1, -0.05) is 12.1 Å². The minimum absolute atomic E-state index is 0.0344. The van der Waals surface area contributed by atoms with Gasteiger partial charge in [-0.25, -0.2) is 14.4 Å². The highest BCUT2D eigenvalue weighted by Crippen LogP contribution is 2.12. The lowest BCUT2D eigenvalue weighted by molar-refractivity contribution is 0.0671. The Morgan fingerprint density at radius 2 is 2.17 bits per heavy atom. The van der Waals surface area contributed by atoms with Gasteiger partial charge in [-0.2, -0.15) is 8.78 Å². The summed E-state index contributed by atoms with van der Waals surface area (Å²) >= 11 is 0. The molecule has 2 rings (SSSR count). The second-order valence-electron chi connectivity index (χ2n) is 5.03. The van der Waals surface area contributed by atoms with Gasteiger partial charge in [-0.3, -0.25) is 4.57 Å². The lowest BCUT2D eigenvalue weighted by Crippen LogP contribution is -2.38. The lowest BCUT2D eigenvalue weighted by atomic mass is 10.1. The Morgan fingerprint density at radius 3 is 2.88 bits per heavy atom. The molecule has 0 bridgehead atoms. The lowest BCUT2D eigenvalue weighted by Gasteiger charge is -2.11. The maximum Gasteiger partial charge on any atom is 0.319 e. The van der Waals surface area contributed by atoms with Crippen LogP contribution in [0.3, 0.4) is 0 Å². The first kappa shape index (κ1) is 17.8. The number of nitrogens with zero attached hydrogens (tertiary/aromatic N) is 3. The highest BCUT2D eigenvalue weighted by molar-refractivity contribution is 5.79. The number of aliphatic imine (C=N–C) groups is 1. The molecule has 130 valence electrons. The molecule has 8 heteroatoms. The van der Waals surface area contributed by atoms with E-state index < -0.39 is 6.55 Å². The van der Waals surface area contributed by atoms with Crippen molar-refractivity contribution in [3.05, 3.63) is 53.9 Å². The average Bonchev–Trinajstić information content (AvgIpc) is 3.01. The largest absolute Gasteiger partial charge is 0.357 e. The van der Waals surface area contributed by atoms with Crippen LogP contribution < -0.4 is 10.6 Å². The van der Waals surface area contributed by atoms with Gasteiger partial charge in [0.15, 0.2) is 5.96 Å². The van der Waals surface area contributed by atoms with Gasteiger partial charge < -0.3 is 10.6 Å². The van der Waals surface area contributed by atoms with E-state index in [1.54, 1.807) is 6.07 Å². The van der Waals surface area contributed by atoms with Crippen molar-refractivity contribution in [2.75, 3.05) is 13.1 Å². The van der Waals surface area contributed by atoms with Gasteiger partial charge in [0.05, 0.1) is 0 Å².